The monoisotopic (exact) mass is 1720 g/mol. The maximum atomic E-state index is 15.9. The summed E-state index contributed by atoms with van der Waals surface area (Å²) in [5.74, 6) is -64.7. The predicted octanol–water partition coefficient (Wildman–Crippen LogP) is 3.15. The number of esters is 9. The van der Waals surface area contributed by atoms with Gasteiger partial charge in [-0.3, -0.25) is 0 Å². The van der Waals surface area contributed by atoms with Gasteiger partial charge in [0.2, 0.25) is 58.4 Å². The molecule has 9 bridgehead atoms. The predicted molar refractivity (Wildman–Crippen MR) is 378 cm³/mol. The summed E-state index contributed by atoms with van der Waals surface area (Å²) in [6.07, 6.45) is -28.9. The van der Waals surface area contributed by atoms with E-state index in [-0.39, 0.29) is 36.4 Å². The molecule has 0 amide bonds. The van der Waals surface area contributed by atoms with Crippen LogP contribution in [0.4, 0.5) is 0 Å². The van der Waals surface area contributed by atoms with Crippen molar-refractivity contribution in [1.29, 1.82) is 0 Å². The van der Waals surface area contributed by atoms with Crippen LogP contribution in [0.5, 0.6) is 167 Å². The summed E-state index contributed by atoms with van der Waals surface area (Å²) in [6.45, 7) is -3.20. The van der Waals surface area contributed by atoms with Crippen molar-refractivity contribution in [3.05, 3.63) is 123 Å². The van der Waals surface area contributed by atoms with E-state index in [1.165, 1.54) is 0 Å². The average Bonchev–Trinajstić information content (AvgIpc) is 1.70. The van der Waals surface area contributed by atoms with Gasteiger partial charge in [0.1, 0.15) is 36.5 Å². The molecule has 48 heteroatoms. The first-order valence-corrected chi connectivity index (χ1v) is 34.2. The van der Waals surface area contributed by atoms with E-state index >= 15 is 24.0 Å². The van der Waals surface area contributed by atoms with Crippen LogP contribution in [0.2, 0.25) is 0 Å². The topological polar surface area (TPSA) is 800 Å². The number of hydrogen-bond acceptors (Lipinski definition) is 48. The molecule has 0 spiro atoms. The SMILES string of the molecule is O=C(O[C@@H]1O[C@@H]2COC(=O)c3cc(O)c(O)c(O)c3-c3c4cc(c(O)c3O)Oc3c(cc(O)c(O)c3O)C(=O)O[C@@H]3[C@@H](OC(=O)c5cc(O)c(O)c(O)c5)[C@@H]5OC(=O)c6cc(O)c(O)c(O)c6-c6c(cc(c(O)c6O)Oc6c(cc(O)c(O)c6O)C(=O)O[C@@H]1[C@@H](OC(=O)c1cc(O)c(O)c(O)c1)[C@@H]2OC4=O)C(=O)OC[C@H]5O[C@@H]3O)c1cc(O)c(O)c(O)c1. The third kappa shape index (κ3) is 14.0. The third-order valence-electron chi connectivity index (χ3n) is 19.2. The van der Waals surface area contributed by atoms with Gasteiger partial charge in [-0.15, -0.1) is 0 Å². The second kappa shape index (κ2) is 30.3. The highest BCUT2D eigenvalue weighted by molar-refractivity contribution is 6.11. The van der Waals surface area contributed by atoms with Gasteiger partial charge in [0.25, 0.3) is 0 Å². The minimum atomic E-state index is -3.15. The molecule has 2 fully saturated rings. The molecule has 2 saturated heterocycles. The second-order valence-electron chi connectivity index (χ2n) is 26.7. The van der Waals surface area contributed by atoms with E-state index in [0.29, 0.717) is 36.4 Å². The number of aromatic hydroxyl groups is 25. The van der Waals surface area contributed by atoms with Crippen LogP contribution in [0.15, 0.2) is 72.8 Å². The number of rotatable bonds is 6. The standard InChI is InChI=1S/C75H52O48/c76-24-1-15(2-25(77)42(24)86)65(101)119-61-59-36-13-111-69(105)20-11-34(49(93)53(97)40(20)39-19(70(106)117-59)8-31(83)46(90)52(39)96)113-58-23(10-33(85)48(92)56(58)100)73(109)122-64-62(120-66(102)16-3-26(78)43(87)27(79)4-16)60-37(116-75(64)123-67(103)17-5-28(80)44(88)29(81)6-17)14-112-68(104)18-7-30(82)45(89)51(95)38(18)41-21(71(107)118-60)12-35(50(94)54(41)98)114-57-22(9-32(84)47(91)55(57)99)72(108)121-63(61)74(110)115-36/h1-12,36-37,59-64,74-100,110H,13-14H2/t36-,37-,59-,60-,61+,62+,63-,64-,74+,75+/m1/s1. The first kappa shape index (κ1) is 82.2. The summed E-state index contributed by atoms with van der Waals surface area (Å²) in [4.78, 5) is 136. The van der Waals surface area contributed by atoms with Gasteiger partial charge in [-0.2, -0.15) is 0 Å². The minimum absolute atomic E-state index is 0.0920. The fourth-order valence-electron chi connectivity index (χ4n) is 13.2. The van der Waals surface area contributed by atoms with Crippen molar-refractivity contribution in [1.82, 2.24) is 0 Å². The fourth-order valence-corrected chi connectivity index (χ4v) is 13.2. The number of aliphatic hydroxyl groups excluding tert-OH is 1. The van der Waals surface area contributed by atoms with Crippen molar-refractivity contribution < 1.29 is 237 Å². The molecule has 10 atom stereocenters. The largest absolute Gasteiger partial charge is 0.504 e. The Labute approximate surface area is 675 Å². The van der Waals surface area contributed by atoms with Crippen molar-refractivity contribution in [3.63, 3.8) is 0 Å². The smallest absolute Gasteiger partial charge is 0.342 e. The minimum Gasteiger partial charge on any atom is -0.504 e. The lowest BCUT2D eigenvalue weighted by atomic mass is 9.91. The summed E-state index contributed by atoms with van der Waals surface area (Å²) < 4.78 is 74.4. The molecule has 26 N–H and O–H groups in total. The van der Waals surface area contributed by atoms with Crippen LogP contribution >= 0.6 is 0 Å². The molecule has 0 radical (unpaired) electrons. The summed E-state index contributed by atoms with van der Waals surface area (Å²) in [7, 11) is 0. The van der Waals surface area contributed by atoms with Gasteiger partial charge in [-0.1, -0.05) is 0 Å². The number of benzene rings is 9. The number of phenolic OH excluding ortho intramolecular Hbond substituents is 25. The summed E-state index contributed by atoms with van der Waals surface area (Å²) >= 11 is 0. The van der Waals surface area contributed by atoms with Crippen molar-refractivity contribution in [3.8, 4) is 189 Å². The Morgan fingerprint density at radius 1 is 0.276 bits per heavy atom. The molecule has 9 aromatic rings. The first-order valence-electron chi connectivity index (χ1n) is 34.2. The van der Waals surface area contributed by atoms with Gasteiger partial charge in [0, 0.05) is 46.5 Å². The van der Waals surface area contributed by atoms with Gasteiger partial charge in [-0.25, -0.2) is 43.2 Å². The average molecular weight is 1720 g/mol. The zero-order valence-corrected chi connectivity index (χ0v) is 60.2. The van der Waals surface area contributed by atoms with Gasteiger partial charge in [0.05, 0.1) is 38.9 Å². The molecular formula is C75H52O48. The molecule has 0 unspecified atom stereocenters. The quantitative estimate of drug-likeness (QED) is 0.0646. The summed E-state index contributed by atoms with van der Waals surface area (Å²) in [5, 5.41) is 291. The Morgan fingerprint density at radius 3 is 0.919 bits per heavy atom. The lowest BCUT2D eigenvalue weighted by molar-refractivity contribution is -0.284. The second-order valence-corrected chi connectivity index (χ2v) is 26.7. The molecule has 6 aliphatic rings. The van der Waals surface area contributed by atoms with Crippen LogP contribution in [0.25, 0.3) is 22.3 Å². The van der Waals surface area contributed by atoms with E-state index in [1.807, 2.05) is 0 Å². The Bertz CT molecular complexity index is 6070. The molecule has 15 rings (SSSR count). The highest BCUT2D eigenvalue weighted by Crippen LogP contribution is 2.59. The van der Waals surface area contributed by atoms with Gasteiger partial charge in [0.15, 0.2) is 158 Å². The maximum absolute atomic E-state index is 15.9. The van der Waals surface area contributed by atoms with E-state index in [1.54, 1.807) is 0 Å². The number of cyclic esters (lactones) is 1. The van der Waals surface area contributed by atoms with Gasteiger partial charge >= 0.3 is 53.7 Å². The Balaban J connectivity index is 1.05. The number of aliphatic hydroxyl groups is 1. The zero-order valence-electron chi connectivity index (χ0n) is 60.2. The molecule has 123 heavy (non-hydrogen) atoms. The molecule has 6 heterocycles. The highest BCUT2D eigenvalue weighted by Gasteiger charge is 2.58. The van der Waals surface area contributed by atoms with E-state index in [2.05, 4.69) is 0 Å². The van der Waals surface area contributed by atoms with E-state index in [9.17, 15) is 152 Å². The lowest BCUT2D eigenvalue weighted by Crippen LogP contribution is -2.63. The molecule has 6 aliphatic heterocycles. The number of carbonyl (C=O) groups is 9. The Kier molecular flexibility index (Phi) is 20.3. The van der Waals surface area contributed by atoms with Crippen LogP contribution in [-0.2, 0) is 52.1 Å². The van der Waals surface area contributed by atoms with Crippen LogP contribution in [-0.4, -0.2) is 261 Å². The zero-order chi connectivity index (χ0) is 89.3. The van der Waals surface area contributed by atoms with Gasteiger partial charge in [-0.05, 0) is 48.5 Å². The van der Waals surface area contributed by atoms with Crippen molar-refractivity contribution in [2.45, 2.75) is 61.4 Å². The Morgan fingerprint density at radius 2 is 0.545 bits per heavy atom. The molecule has 0 aliphatic carbocycles. The van der Waals surface area contributed by atoms with Crippen LogP contribution < -0.4 is 9.47 Å². The number of carbonyl (C=O) groups excluding carboxylic acids is 9. The summed E-state index contributed by atoms with van der Waals surface area (Å²) in [5.41, 5.74) is -17.9. The molecule has 48 nitrogen and oxygen atoms in total. The van der Waals surface area contributed by atoms with E-state index < -0.39 is 367 Å². The normalized spacial score (nSPS) is 20.5. The van der Waals surface area contributed by atoms with Crippen molar-refractivity contribution in [2.24, 2.45) is 0 Å². The molecule has 0 saturated carbocycles. The molecule has 9 aromatic carbocycles. The lowest BCUT2D eigenvalue weighted by Gasteiger charge is -2.43. The molecule has 0 aromatic heterocycles. The summed E-state index contributed by atoms with van der Waals surface area (Å²) in [6, 6.07) is 3.27. The fraction of sp³-hybridized carbons (Fsp3) is 0.160. The Hall–Kier alpha value is -17.3. The number of phenols is 25. The van der Waals surface area contributed by atoms with Crippen molar-refractivity contribution in [2.75, 3.05) is 13.2 Å². The van der Waals surface area contributed by atoms with Crippen LogP contribution in [0.3, 0.4) is 0 Å². The van der Waals surface area contributed by atoms with Crippen molar-refractivity contribution >= 4 is 53.7 Å². The van der Waals surface area contributed by atoms with Crippen LogP contribution in [0, 0.1) is 0 Å². The van der Waals surface area contributed by atoms with E-state index in [0.717, 1.165) is 0 Å². The molecular weight excluding hydrogens is 1670 g/mol. The number of ether oxygens (including phenoxy) is 13. The van der Waals surface area contributed by atoms with Gasteiger partial charge < -0.3 is 194 Å². The maximum Gasteiger partial charge on any atom is 0.342 e. The number of hydrogen-bond donors (Lipinski definition) is 26. The third-order valence-corrected chi connectivity index (χ3v) is 19.2. The molecule has 640 valence electrons. The highest BCUT2D eigenvalue weighted by atomic mass is 16.8. The first-order chi connectivity index (χ1) is 58.0. The number of fused-ring (bicyclic) bond motifs is 7. The van der Waals surface area contributed by atoms with E-state index in [4.69, 9.17) is 61.6 Å². The van der Waals surface area contributed by atoms with Crippen LogP contribution in [0.1, 0.15) is 93.2 Å².